The van der Waals surface area contributed by atoms with E-state index in [0.29, 0.717) is 11.1 Å². The van der Waals surface area contributed by atoms with Gasteiger partial charge in [0.2, 0.25) is 0 Å². The molecular weight excluding hydrogens is 301 g/mol. The van der Waals surface area contributed by atoms with Gasteiger partial charge in [-0.05, 0) is 38.1 Å². The largest absolute Gasteiger partial charge is 0.338 e. The zero-order valence-electron chi connectivity index (χ0n) is 13.0. The van der Waals surface area contributed by atoms with Crippen LogP contribution < -0.4 is 16.5 Å². The number of carbonyl (C=O) groups excluding carboxylic acids is 2. The Labute approximate surface area is 134 Å². The average Bonchev–Trinajstić information content (AvgIpc) is 2.51. The lowest BCUT2D eigenvalue weighted by Gasteiger charge is -2.29. The van der Waals surface area contributed by atoms with Crippen molar-refractivity contribution < 1.29 is 19.2 Å². The first-order valence-electron chi connectivity index (χ1n) is 6.98. The molecule has 5 N–H and O–H groups in total. The Morgan fingerprint density at radius 3 is 2.43 bits per heavy atom. The minimum Gasteiger partial charge on any atom is -0.338 e. The molecule has 1 aromatic carbocycles. The monoisotopic (exact) mass is 321 g/mol. The van der Waals surface area contributed by atoms with Gasteiger partial charge in [-0.2, -0.15) is 0 Å². The number of nitrogens with two attached hydrogens (primary N) is 1. The molecular formula is C16H20FN3O3. The second-order valence-corrected chi connectivity index (χ2v) is 5.52. The van der Waals surface area contributed by atoms with E-state index in [1.54, 1.807) is 26.0 Å². The first-order valence-corrected chi connectivity index (χ1v) is 6.98. The first-order chi connectivity index (χ1) is 10.8. The van der Waals surface area contributed by atoms with Gasteiger partial charge in [0.05, 0.1) is 0 Å². The van der Waals surface area contributed by atoms with Crippen molar-refractivity contribution in [2.45, 2.75) is 31.8 Å². The summed E-state index contributed by atoms with van der Waals surface area (Å²) in [4.78, 5) is 23.8. The van der Waals surface area contributed by atoms with Gasteiger partial charge in [0.25, 0.3) is 11.8 Å². The number of hydrogen-bond donors (Lipinski definition) is 4. The van der Waals surface area contributed by atoms with Crippen molar-refractivity contribution in [3.8, 4) is 11.8 Å². The number of halogens is 1. The Morgan fingerprint density at radius 1 is 1.35 bits per heavy atom. The number of alkyl halides is 1. The number of rotatable bonds is 5. The summed E-state index contributed by atoms with van der Waals surface area (Å²) in [5, 5.41) is 11.2. The summed E-state index contributed by atoms with van der Waals surface area (Å²) >= 11 is 0. The van der Waals surface area contributed by atoms with E-state index in [-0.39, 0.29) is 6.42 Å². The quantitative estimate of drug-likeness (QED) is 0.365. The molecule has 23 heavy (non-hydrogen) atoms. The van der Waals surface area contributed by atoms with Gasteiger partial charge in [-0.25, -0.2) is 5.48 Å². The molecule has 7 heteroatoms. The molecule has 0 aliphatic heterocycles. The number of carbonyl (C=O) groups is 2. The van der Waals surface area contributed by atoms with Crippen LogP contribution in [0.5, 0.6) is 0 Å². The summed E-state index contributed by atoms with van der Waals surface area (Å²) < 4.78 is 12.0. The van der Waals surface area contributed by atoms with Crippen molar-refractivity contribution in [3.63, 3.8) is 0 Å². The van der Waals surface area contributed by atoms with Crippen LogP contribution in [0.3, 0.4) is 0 Å². The molecule has 1 atom stereocenters. The number of benzene rings is 1. The molecule has 0 fully saturated rings. The number of hydroxylamine groups is 1. The topological polar surface area (TPSA) is 104 Å². The number of nitrogens with one attached hydrogen (secondary N) is 2. The van der Waals surface area contributed by atoms with Crippen LogP contribution in [-0.2, 0) is 4.79 Å². The van der Waals surface area contributed by atoms with Crippen molar-refractivity contribution in [2.24, 2.45) is 5.73 Å². The van der Waals surface area contributed by atoms with Gasteiger partial charge in [0, 0.05) is 23.1 Å². The molecule has 6 nitrogen and oxygen atoms in total. The van der Waals surface area contributed by atoms with Crippen molar-refractivity contribution in [1.29, 1.82) is 0 Å². The van der Waals surface area contributed by atoms with Gasteiger partial charge in [-0.1, -0.05) is 11.8 Å². The fourth-order valence-corrected chi connectivity index (χ4v) is 1.79. The van der Waals surface area contributed by atoms with Gasteiger partial charge in [0.1, 0.15) is 12.7 Å². The molecule has 0 spiro atoms. The first kappa shape index (κ1) is 18.6. The van der Waals surface area contributed by atoms with E-state index >= 15 is 0 Å². The Morgan fingerprint density at radius 2 is 1.96 bits per heavy atom. The smallest absolute Gasteiger partial charge is 0.267 e. The summed E-state index contributed by atoms with van der Waals surface area (Å²) in [5.74, 6) is 4.10. The third-order valence-corrected chi connectivity index (χ3v) is 2.99. The van der Waals surface area contributed by atoms with Crippen LogP contribution in [0.4, 0.5) is 4.39 Å². The molecule has 0 bridgehead atoms. The maximum absolute atomic E-state index is 12.2. The maximum atomic E-state index is 12.2. The lowest BCUT2D eigenvalue weighted by molar-refractivity contribution is -0.132. The van der Waals surface area contributed by atoms with Crippen LogP contribution in [0.1, 0.15) is 36.2 Å². The van der Waals surface area contributed by atoms with Crippen molar-refractivity contribution in [2.75, 3.05) is 6.67 Å². The van der Waals surface area contributed by atoms with Crippen LogP contribution in [0.2, 0.25) is 0 Å². The van der Waals surface area contributed by atoms with Gasteiger partial charge in [0.15, 0.2) is 0 Å². The Bertz CT molecular complexity index is 612. The second-order valence-electron chi connectivity index (χ2n) is 5.52. The van der Waals surface area contributed by atoms with Gasteiger partial charge >= 0.3 is 0 Å². The summed E-state index contributed by atoms with van der Waals surface area (Å²) in [6.07, 6.45) is 0.159. The highest BCUT2D eigenvalue weighted by molar-refractivity contribution is 5.97. The molecule has 1 rings (SSSR count). The zero-order valence-corrected chi connectivity index (χ0v) is 13.0. The highest BCUT2D eigenvalue weighted by Gasteiger charge is 2.33. The third-order valence-electron chi connectivity index (χ3n) is 2.99. The summed E-state index contributed by atoms with van der Waals surface area (Å²) in [5.41, 5.74) is 7.21. The normalized spacial score (nSPS) is 11.9. The van der Waals surface area contributed by atoms with Crippen molar-refractivity contribution in [3.05, 3.63) is 35.4 Å². The predicted octanol–water partition coefficient (Wildman–Crippen LogP) is 0.739. The fraction of sp³-hybridized carbons (Fsp3) is 0.375. The van der Waals surface area contributed by atoms with E-state index in [9.17, 15) is 14.0 Å². The van der Waals surface area contributed by atoms with E-state index in [0.717, 1.165) is 0 Å². The lowest BCUT2D eigenvalue weighted by Crippen LogP contribution is -2.61. The molecule has 0 radical (unpaired) electrons. The predicted molar refractivity (Wildman–Crippen MR) is 83.4 cm³/mol. The molecule has 0 aliphatic carbocycles. The van der Waals surface area contributed by atoms with E-state index in [1.807, 2.05) is 0 Å². The van der Waals surface area contributed by atoms with Gasteiger partial charge in [-0.3, -0.25) is 19.2 Å². The molecule has 1 unspecified atom stereocenters. The van der Waals surface area contributed by atoms with Crippen LogP contribution in [0.25, 0.3) is 0 Å². The summed E-state index contributed by atoms with van der Waals surface area (Å²) in [7, 11) is 0. The SMILES string of the molecule is CC(C)(N)C(NC(=O)c1ccc(C#CCCF)cc1)C(=O)NO. The van der Waals surface area contributed by atoms with E-state index in [2.05, 4.69) is 17.2 Å². The number of amides is 2. The van der Waals surface area contributed by atoms with Crippen molar-refractivity contribution >= 4 is 11.8 Å². The second kappa shape index (κ2) is 8.27. The molecule has 1 aromatic rings. The van der Waals surface area contributed by atoms with Crippen LogP contribution >= 0.6 is 0 Å². The Balaban J connectivity index is 2.85. The molecule has 0 saturated heterocycles. The molecule has 124 valence electrons. The standard InChI is InChI=1S/C16H20FN3O3/c1-16(2,18)13(15(22)20-23)19-14(21)12-8-6-11(7-9-12)5-3-4-10-17/h6-9,13,23H,4,10,18H2,1-2H3,(H,19,21)(H,20,22). The maximum Gasteiger partial charge on any atom is 0.267 e. The average molecular weight is 321 g/mol. The van der Waals surface area contributed by atoms with E-state index < -0.39 is 30.1 Å². The number of hydrogen-bond acceptors (Lipinski definition) is 4. The lowest BCUT2D eigenvalue weighted by atomic mass is 9.95. The molecule has 0 heterocycles. The van der Waals surface area contributed by atoms with Crippen LogP contribution in [-0.4, -0.2) is 35.3 Å². The summed E-state index contributed by atoms with van der Waals surface area (Å²) in [6.45, 7) is 2.60. The minimum absolute atomic E-state index is 0.159. The van der Waals surface area contributed by atoms with Crippen LogP contribution in [0, 0.1) is 11.8 Å². The van der Waals surface area contributed by atoms with Crippen LogP contribution in [0.15, 0.2) is 24.3 Å². The summed E-state index contributed by atoms with van der Waals surface area (Å²) in [6, 6.07) is 5.20. The fourth-order valence-electron chi connectivity index (χ4n) is 1.79. The van der Waals surface area contributed by atoms with Gasteiger partial charge < -0.3 is 11.1 Å². The van der Waals surface area contributed by atoms with Crippen molar-refractivity contribution in [1.82, 2.24) is 10.8 Å². The zero-order chi connectivity index (χ0) is 17.5. The van der Waals surface area contributed by atoms with E-state index in [1.165, 1.54) is 17.6 Å². The highest BCUT2D eigenvalue weighted by Crippen LogP contribution is 2.09. The Hall–Kier alpha value is -2.43. The van der Waals surface area contributed by atoms with Gasteiger partial charge in [-0.15, -0.1) is 0 Å². The Kier molecular flexibility index (Phi) is 6.69. The third kappa shape index (κ3) is 5.70. The van der Waals surface area contributed by atoms with E-state index in [4.69, 9.17) is 10.9 Å². The minimum atomic E-state index is -1.11. The molecule has 0 aliphatic rings. The highest BCUT2D eigenvalue weighted by atomic mass is 19.1. The molecule has 0 saturated carbocycles. The molecule has 0 aromatic heterocycles. The molecule has 2 amide bonds.